The molecule has 2 N–H and O–H groups in total. The van der Waals surface area contributed by atoms with Gasteiger partial charge in [-0.25, -0.2) is 14.4 Å². The van der Waals surface area contributed by atoms with E-state index in [9.17, 15) is 24.6 Å². The van der Waals surface area contributed by atoms with Gasteiger partial charge in [-0.15, -0.1) is 0 Å². The first-order valence-electron chi connectivity index (χ1n) is 8.54. The minimum absolute atomic E-state index is 0.0249. The number of carboxylic acid groups (broad SMARTS) is 2. The molecule has 0 spiro atoms. The van der Waals surface area contributed by atoms with Gasteiger partial charge < -0.3 is 29.6 Å². The second kappa shape index (κ2) is 7.37. The Balaban J connectivity index is 1.98. The maximum absolute atomic E-state index is 12.1. The summed E-state index contributed by atoms with van der Waals surface area (Å²) in [7, 11) is 0. The normalized spacial score (nSPS) is 22.7. The van der Waals surface area contributed by atoms with Crippen LogP contribution in [0, 0.1) is 5.92 Å². The first kappa shape index (κ1) is 19.1. The summed E-state index contributed by atoms with van der Waals surface area (Å²) in [6.07, 6.45) is -1.16. The molecule has 1 unspecified atom stereocenters. The summed E-state index contributed by atoms with van der Waals surface area (Å²) < 4.78 is 5.36. The molecule has 9 nitrogen and oxygen atoms in total. The molecule has 2 heterocycles. The molecule has 0 aromatic rings. The van der Waals surface area contributed by atoms with E-state index in [1.165, 1.54) is 9.80 Å². The number of piperazine rings is 1. The van der Waals surface area contributed by atoms with E-state index in [0.717, 1.165) is 0 Å². The molecule has 0 aromatic carbocycles. The molecule has 0 saturated carbocycles. The second-order valence-electron chi connectivity index (χ2n) is 7.58. The average Bonchev–Trinajstić information content (AvgIpc) is 2.52. The summed E-state index contributed by atoms with van der Waals surface area (Å²) in [5.41, 5.74) is -0.556. The fourth-order valence-electron chi connectivity index (χ4n) is 3.42. The predicted molar refractivity (Wildman–Crippen MR) is 88.6 cm³/mol. The van der Waals surface area contributed by atoms with Crippen LogP contribution in [-0.4, -0.2) is 87.6 Å². The predicted octanol–water partition coefficient (Wildman–Crippen LogP) is 1.98. The van der Waals surface area contributed by atoms with Crippen molar-refractivity contribution in [2.45, 2.75) is 45.3 Å². The maximum Gasteiger partial charge on any atom is 0.410 e. The first-order chi connectivity index (χ1) is 11.6. The average molecular weight is 357 g/mol. The molecule has 142 valence electrons. The van der Waals surface area contributed by atoms with E-state index >= 15 is 0 Å². The largest absolute Gasteiger partial charge is 0.465 e. The number of carbonyl (C=O) groups excluding carboxylic acids is 1. The zero-order valence-electron chi connectivity index (χ0n) is 15.0. The third-order valence-electron chi connectivity index (χ3n) is 4.67. The minimum atomic E-state index is -1.03. The molecular weight excluding hydrogens is 330 g/mol. The Kier molecular flexibility index (Phi) is 5.64. The van der Waals surface area contributed by atoms with Gasteiger partial charge in [-0.3, -0.25) is 0 Å². The zero-order valence-corrected chi connectivity index (χ0v) is 15.0. The molecule has 3 amide bonds. The van der Waals surface area contributed by atoms with Crippen molar-refractivity contribution in [1.29, 1.82) is 0 Å². The van der Waals surface area contributed by atoms with Gasteiger partial charge in [0.2, 0.25) is 0 Å². The smallest absolute Gasteiger partial charge is 0.410 e. The van der Waals surface area contributed by atoms with E-state index in [1.54, 1.807) is 4.90 Å². The molecule has 1 atom stereocenters. The lowest BCUT2D eigenvalue weighted by molar-refractivity contribution is 0.00431. The Morgan fingerprint density at radius 3 is 2.00 bits per heavy atom. The van der Waals surface area contributed by atoms with Gasteiger partial charge in [0.15, 0.2) is 0 Å². The number of hydrogen-bond acceptors (Lipinski definition) is 4. The van der Waals surface area contributed by atoms with E-state index in [2.05, 4.69) is 0 Å². The highest BCUT2D eigenvalue weighted by molar-refractivity contribution is 5.69. The number of likely N-dealkylation sites (tertiary alicyclic amines) is 1. The summed E-state index contributed by atoms with van der Waals surface area (Å²) >= 11 is 0. The van der Waals surface area contributed by atoms with Gasteiger partial charge in [-0.2, -0.15) is 0 Å². The fourth-order valence-corrected chi connectivity index (χ4v) is 3.42. The van der Waals surface area contributed by atoms with Crippen molar-refractivity contribution in [2.24, 2.45) is 5.92 Å². The molecular formula is C16H27N3O6. The molecule has 0 radical (unpaired) electrons. The van der Waals surface area contributed by atoms with Crippen LogP contribution in [0.15, 0.2) is 0 Å². The lowest BCUT2D eigenvalue weighted by Gasteiger charge is -2.45. The van der Waals surface area contributed by atoms with Crippen LogP contribution in [0.1, 0.15) is 33.6 Å². The molecule has 25 heavy (non-hydrogen) atoms. The maximum atomic E-state index is 12.1. The Bertz CT molecular complexity index is 524. The van der Waals surface area contributed by atoms with Gasteiger partial charge in [0.05, 0.1) is 6.04 Å². The summed E-state index contributed by atoms with van der Waals surface area (Å²) in [5.74, 6) is 0.0249. The molecule has 0 aromatic heterocycles. The number of nitrogens with zero attached hydrogens (tertiary/aromatic N) is 3. The summed E-state index contributed by atoms with van der Waals surface area (Å²) in [5, 5.41) is 18.6. The highest BCUT2D eigenvalue weighted by Crippen LogP contribution is 2.28. The highest BCUT2D eigenvalue weighted by Gasteiger charge is 2.39. The molecule has 2 saturated heterocycles. The van der Waals surface area contributed by atoms with E-state index in [1.807, 2.05) is 20.8 Å². The van der Waals surface area contributed by atoms with Crippen LogP contribution in [0.5, 0.6) is 0 Å². The summed E-state index contributed by atoms with van der Waals surface area (Å²) in [6.45, 7) is 6.94. The van der Waals surface area contributed by atoms with E-state index < -0.39 is 17.8 Å². The van der Waals surface area contributed by atoms with Crippen LogP contribution >= 0.6 is 0 Å². The van der Waals surface area contributed by atoms with Gasteiger partial charge in [0.25, 0.3) is 0 Å². The monoisotopic (exact) mass is 357 g/mol. The van der Waals surface area contributed by atoms with Crippen molar-refractivity contribution >= 4 is 18.3 Å². The van der Waals surface area contributed by atoms with E-state index in [-0.39, 0.29) is 37.7 Å². The summed E-state index contributed by atoms with van der Waals surface area (Å²) in [6, 6.07) is -0.372. The molecule has 2 aliphatic heterocycles. The highest BCUT2D eigenvalue weighted by atomic mass is 16.6. The minimum Gasteiger partial charge on any atom is -0.465 e. The Morgan fingerprint density at radius 2 is 1.52 bits per heavy atom. The van der Waals surface area contributed by atoms with Crippen molar-refractivity contribution in [2.75, 3.05) is 32.7 Å². The molecule has 0 bridgehead atoms. The Labute approximate surface area is 147 Å². The van der Waals surface area contributed by atoms with Crippen LogP contribution in [-0.2, 0) is 4.74 Å². The number of ether oxygens (including phenoxy) is 1. The molecule has 2 fully saturated rings. The van der Waals surface area contributed by atoms with E-state index in [0.29, 0.717) is 25.9 Å². The van der Waals surface area contributed by atoms with Gasteiger partial charge in [0.1, 0.15) is 5.60 Å². The Hall–Kier alpha value is -2.19. The van der Waals surface area contributed by atoms with Crippen molar-refractivity contribution < 1.29 is 29.3 Å². The van der Waals surface area contributed by atoms with Gasteiger partial charge in [-0.05, 0) is 39.5 Å². The third-order valence-corrected chi connectivity index (χ3v) is 4.67. The number of carbonyl (C=O) groups is 3. The van der Waals surface area contributed by atoms with Crippen molar-refractivity contribution in [1.82, 2.24) is 14.7 Å². The van der Waals surface area contributed by atoms with Crippen LogP contribution < -0.4 is 0 Å². The van der Waals surface area contributed by atoms with Crippen molar-refractivity contribution in [3.8, 4) is 0 Å². The van der Waals surface area contributed by atoms with Crippen LogP contribution in [0.4, 0.5) is 14.4 Å². The number of hydrogen-bond donors (Lipinski definition) is 2. The number of amides is 3. The fraction of sp³-hybridized carbons (Fsp3) is 0.812. The molecule has 9 heteroatoms. The molecule has 0 aliphatic carbocycles. The quantitative estimate of drug-likeness (QED) is 0.742. The van der Waals surface area contributed by atoms with Crippen LogP contribution in [0.2, 0.25) is 0 Å². The Morgan fingerprint density at radius 1 is 0.920 bits per heavy atom. The first-order valence-corrected chi connectivity index (χ1v) is 8.54. The van der Waals surface area contributed by atoms with Gasteiger partial charge in [0, 0.05) is 32.7 Å². The summed E-state index contributed by atoms with van der Waals surface area (Å²) in [4.78, 5) is 39.1. The lowest BCUT2D eigenvalue weighted by atomic mass is 9.87. The van der Waals surface area contributed by atoms with Crippen molar-refractivity contribution in [3.05, 3.63) is 0 Å². The van der Waals surface area contributed by atoms with Crippen molar-refractivity contribution in [3.63, 3.8) is 0 Å². The lowest BCUT2D eigenvalue weighted by Crippen LogP contribution is -2.59. The van der Waals surface area contributed by atoms with Gasteiger partial charge in [-0.1, -0.05) is 0 Å². The van der Waals surface area contributed by atoms with E-state index in [4.69, 9.17) is 4.74 Å². The van der Waals surface area contributed by atoms with Crippen LogP contribution in [0.3, 0.4) is 0 Å². The number of rotatable bonds is 1. The number of piperidine rings is 1. The van der Waals surface area contributed by atoms with Crippen LogP contribution in [0.25, 0.3) is 0 Å². The molecule has 2 aliphatic rings. The standard InChI is InChI=1S/C16H27N3O6/c1-16(2,3)25-15(24)17-6-4-11(5-7-17)12-10-18(13(20)21)8-9-19(12)14(22)23/h11-12H,4-10H2,1-3H3,(H,20,21)(H,22,23). The van der Waals surface area contributed by atoms with Gasteiger partial charge >= 0.3 is 18.3 Å². The third kappa shape index (κ3) is 4.90. The molecule has 2 rings (SSSR count). The topological polar surface area (TPSA) is 111 Å². The SMILES string of the molecule is CC(C)(C)OC(=O)N1CCC(C2CN(C(=O)O)CCN2C(=O)O)CC1. The second-order valence-corrected chi connectivity index (χ2v) is 7.58. The zero-order chi connectivity index (χ0) is 18.8.